The summed E-state index contributed by atoms with van der Waals surface area (Å²) in [5.74, 6) is -0.670. The van der Waals surface area contributed by atoms with E-state index in [-0.39, 0.29) is 23.5 Å². The van der Waals surface area contributed by atoms with Crippen LogP contribution >= 0.6 is 12.2 Å². The Morgan fingerprint density at radius 3 is 2.82 bits per heavy atom. The Hall–Kier alpha value is -2.68. The number of carbonyl (C=O) groups excluding carboxylic acids is 3. The normalized spacial score (nSPS) is 16.4. The summed E-state index contributed by atoms with van der Waals surface area (Å²) in [5, 5.41) is 5.42. The molecule has 1 aromatic rings. The van der Waals surface area contributed by atoms with E-state index in [2.05, 4.69) is 10.6 Å². The van der Waals surface area contributed by atoms with Crippen molar-refractivity contribution in [2.24, 2.45) is 0 Å². The van der Waals surface area contributed by atoms with E-state index in [0.29, 0.717) is 31.0 Å². The number of benzene rings is 1. The predicted octanol–water partition coefficient (Wildman–Crippen LogP) is 1.24. The van der Waals surface area contributed by atoms with E-state index >= 15 is 0 Å². The lowest BCUT2D eigenvalue weighted by molar-refractivity contribution is -0.150. The number of amides is 2. The molecule has 9 heteroatoms. The van der Waals surface area contributed by atoms with E-state index in [4.69, 9.17) is 21.7 Å². The van der Waals surface area contributed by atoms with Crippen molar-refractivity contribution < 1.29 is 23.9 Å². The molecule has 2 N–H and O–H groups in total. The van der Waals surface area contributed by atoms with Gasteiger partial charge in [-0.15, -0.1) is 0 Å². The molecule has 8 nitrogen and oxygen atoms in total. The summed E-state index contributed by atoms with van der Waals surface area (Å²) in [6.45, 7) is 6.55. The summed E-state index contributed by atoms with van der Waals surface area (Å²) in [5.41, 5.74) is 0.380. The molecule has 0 bridgehead atoms. The van der Waals surface area contributed by atoms with Gasteiger partial charge in [0, 0.05) is 18.7 Å². The molecule has 1 aliphatic heterocycles. The van der Waals surface area contributed by atoms with Gasteiger partial charge in [-0.3, -0.25) is 19.7 Å². The predicted molar refractivity (Wildman–Crippen MR) is 107 cm³/mol. The molecular weight excluding hydrogens is 382 g/mol. The van der Waals surface area contributed by atoms with E-state index in [1.165, 1.54) is 0 Å². The average Bonchev–Trinajstić information content (AvgIpc) is 2.63. The molecule has 2 rings (SSSR count). The highest BCUT2D eigenvalue weighted by atomic mass is 32.1. The Kier molecular flexibility index (Phi) is 7.74. The highest BCUT2D eigenvalue weighted by Gasteiger charge is 2.34. The molecule has 1 fully saturated rings. The number of nitrogens with one attached hydrogen (secondary N) is 2. The number of piperazine rings is 1. The zero-order chi connectivity index (χ0) is 20.7. The Morgan fingerprint density at radius 1 is 1.39 bits per heavy atom. The molecule has 0 spiro atoms. The van der Waals surface area contributed by atoms with Crippen molar-refractivity contribution in [1.82, 2.24) is 15.5 Å². The molecule has 1 atom stereocenters. The fourth-order valence-electron chi connectivity index (χ4n) is 2.76. The van der Waals surface area contributed by atoms with Gasteiger partial charge >= 0.3 is 5.97 Å². The van der Waals surface area contributed by atoms with Gasteiger partial charge in [-0.2, -0.15) is 0 Å². The van der Waals surface area contributed by atoms with Crippen molar-refractivity contribution in [1.29, 1.82) is 0 Å². The van der Waals surface area contributed by atoms with Crippen LogP contribution in [0.5, 0.6) is 5.75 Å². The number of carbonyl (C=O) groups is 3. The first-order chi connectivity index (χ1) is 13.3. The maximum atomic E-state index is 12.5. The Morgan fingerprint density at radius 2 is 2.14 bits per heavy atom. The summed E-state index contributed by atoms with van der Waals surface area (Å²) >= 11 is 5.34. The van der Waals surface area contributed by atoms with Crippen LogP contribution in [0.3, 0.4) is 0 Å². The zero-order valence-electron chi connectivity index (χ0n) is 16.2. The van der Waals surface area contributed by atoms with Gasteiger partial charge < -0.3 is 19.7 Å². The number of ether oxygens (including phenoxy) is 2. The first-order valence-corrected chi connectivity index (χ1v) is 9.54. The number of hydrogen-bond acceptors (Lipinski definition) is 6. The zero-order valence-corrected chi connectivity index (χ0v) is 17.0. The third kappa shape index (κ3) is 5.91. The third-order valence-corrected chi connectivity index (χ3v) is 4.28. The Labute approximate surface area is 169 Å². The maximum Gasteiger partial charge on any atom is 0.308 e. The minimum Gasteiger partial charge on any atom is -0.494 e. The summed E-state index contributed by atoms with van der Waals surface area (Å²) in [6, 6.07) is 5.89. The van der Waals surface area contributed by atoms with Gasteiger partial charge in [0.1, 0.15) is 11.8 Å². The van der Waals surface area contributed by atoms with Gasteiger partial charge in [0.05, 0.1) is 19.1 Å². The molecule has 28 heavy (non-hydrogen) atoms. The van der Waals surface area contributed by atoms with Crippen LogP contribution in [0.4, 0.5) is 0 Å². The average molecular weight is 407 g/mol. The minimum atomic E-state index is -0.831. The molecular formula is C19H25N3O5S. The molecule has 1 aliphatic rings. The number of esters is 1. The van der Waals surface area contributed by atoms with Crippen molar-refractivity contribution in [3.8, 4) is 5.75 Å². The van der Waals surface area contributed by atoms with Crippen molar-refractivity contribution in [2.75, 3.05) is 19.7 Å². The van der Waals surface area contributed by atoms with E-state index in [9.17, 15) is 14.4 Å². The van der Waals surface area contributed by atoms with Crippen LogP contribution in [0.1, 0.15) is 37.6 Å². The Balaban J connectivity index is 2.07. The molecule has 0 saturated carbocycles. The fourth-order valence-corrected chi connectivity index (χ4v) is 3.08. The van der Waals surface area contributed by atoms with Crippen LogP contribution < -0.4 is 15.4 Å². The standard InChI is InChI=1S/C19H25N3O5S/c1-4-26-14-7-5-6-13(10-14)17(24)21-19(28)22-9-8-20-18(25)15(22)11-16(23)27-12(2)3/h5-7,10,12,15H,4,8-9,11H2,1-3H3,(H,20,25)(H,21,24,28)/t15-/m0/s1. The smallest absolute Gasteiger partial charge is 0.308 e. The maximum absolute atomic E-state index is 12.5. The lowest BCUT2D eigenvalue weighted by Crippen LogP contribution is -2.60. The molecule has 0 aliphatic carbocycles. The topological polar surface area (TPSA) is 97.0 Å². The van der Waals surface area contributed by atoms with Gasteiger partial charge in [-0.25, -0.2) is 0 Å². The highest BCUT2D eigenvalue weighted by Crippen LogP contribution is 2.15. The second kappa shape index (κ2) is 10.0. The Bertz CT molecular complexity index is 753. The molecule has 1 aromatic carbocycles. The first kappa shape index (κ1) is 21.6. The van der Waals surface area contributed by atoms with E-state index in [1.54, 1.807) is 43.0 Å². The molecule has 0 unspecified atom stereocenters. The van der Waals surface area contributed by atoms with Crippen LogP contribution in [0.15, 0.2) is 24.3 Å². The summed E-state index contributed by atoms with van der Waals surface area (Å²) in [6.07, 6.45) is -0.434. The molecule has 1 saturated heterocycles. The number of nitrogens with zero attached hydrogens (tertiary/aromatic N) is 1. The monoisotopic (exact) mass is 407 g/mol. The fraction of sp³-hybridized carbons (Fsp3) is 0.474. The minimum absolute atomic E-state index is 0.0870. The third-order valence-electron chi connectivity index (χ3n) is 3.95. The number of thiocarbonyl (C=S) groups is 1. The quantitative estimate of drug-likeness (QED) is 0.541. The summed E-state index contributed by atoms with van der Waals surface area (Å²) < 4.78 is 10.5. The largest absolute Gasteiger partial charge is 0.494 e. The summed E-state index contributed by atoms with van der Waals surface area (Å²) in [4.78, 5) is 38.3. The van der Waals surface area contributed by atoms with Crippen LogP contribution in [0.2, 0.25) is 0 Å². The van der Waals surface area contributed by atoms with Crippen LogP contribution in [0, 0.1) is 0 Å². The SMILES string of the molecule is CCOc1cccc(C(=O)NC(=S)N2CCNC(=O)[C@@H]2CC(=O)OC(C)C)c1. The summed E-state index contributed by atoms with van der Waals surface area (Å²) in [7, 11) is 0. The van der Waals surface area contributed by atoms with E-state index in [1.807, 2.05) is 6.92 Å². The second-order valence-corrected chi connectivity index (χ2v) is 6.85. The van der Waals surface area contributed by atoms with Crippen LogP contribution in [0.25, 0.3) is 0 Å². The lowest BCUT2D eigenvalue weighted by atomic mass is 10.1. The molecule has 0 aromatic heterocycles. The lowest BCUT2D eigenvalue weighted by Gasteiger charge is -2.36. The van der Waals surface area contributed by atoms with Gasteiger partial charge in [0.25, 0.3) is 5.91 Å². The van der Waals surface area contributed by atoms with Gasteiger partial charge in [0.15, 0.2) is 5.11 Å². The molecule has 1 heterocycles. The van der Waals surface area contributed by atoms with E-state index < -0.39 is 17.9 Å². The van der Waals surface area contributed by atoms with Crippen molar-refractivity contribution in [3.63, 3.8) is 0 Å². The van der Waals surface area contributed by atoms with Crippen molar-refractivity contribution in [3.05, 3.63) is 29.8 Å². The van der Waals surface area contributed by atoms with Crippen LogP contribution in [-0.4, -0.2) is 59.6 Å². The van der Waals surface area contributed by atoms with E-state index in [0.717, 1.165) is 0 Å². The molecule has 0 radical (unpaired) electrons. The second-order valence-electron chi connectivity index (χ2n) is 6.46. The van der Waals surface area contributed by atoms with Crippen LogP contribution in [-0.2, 0) is 14.3 Å². The van der Waals surface area contributed by atoms with Crippen molar-refractivity contribution >= 4 is 35.1 Å². The number of hydrogen-bond donors (Lipinski definition) is 2. The molecule has 2 amide bonds. The van der Waals surface area contributed by atoms with Gasteiger partial charge in [0.2, 0.25) is 5.91 Å². The van der Waals surface area contributed by atoms with Crippen molar-refractivity contribution in [2.45, 2.75) is 39.3 Å². The van der Waals surface area contributed by atoms with Gasteiger partial charge in [-0.05, 0) is 51.2 Å². The first-order valence-electron chi connectivity index (χ1n) is 9.13. The number of rotatable bonds is 6. The highest BCUT2D eigenvalue weighted by molar-refractivity contribution is 7.80. The molecule has 152 valence electrons. The van der Waals surface area contributed by atoms with Gasteiger partial charge in [-0.1, -0.05) is 6.07 Å².